The van der Waals surface area contributed by atoms with Gasteiger partial charge in [0.1, 0.15) is 0 Å². The first-order chi connectivity index (χ1) is 9.74. The van der Waals surface area contributed by atoms with E-state index >= 15 is 0 Å². The summed E-state index contributed by atoms with van der Waals surface area (Å²) >= 11 is 0. The summed E-state index contributed by atoms with van der Waals surface area (Å²) < 4.78 is 0. The zero-order chi connectivity index (χ0) is 14.4. The predicted octanol–water partition coefficient (Wildman–Crippen LogP) is 3.35. The maximum absolute atomic E-state index is 12.3. The van der Waals surface area contributed by atoms with E-state index in [0.717, 1.165) is 17.8 Å². The van der Waals surface area contributed by atoms with Gasteiger partial charge >= 0.3 is 0 Å². The number of carbonyl (C=O) groups excluding carboxylic acids is 1. The van der Waals surface area contributed by atoms with E-state index in [1.807, 2.05) is 43.3 Å². The zero-order valence-electron chi connectivity index (χ0n) is 11.3. The molecule has 0 aromatic heterocycles. The van der Waals surface area contributed by atoms with Crippen LogP contribution in [0.5, 0.6) is 0 Å². The molecular formula is C17H16N2O. The number of amides is 1. The molecule has 0 spiro atoms. The van der Waals surface area contributed by atoms with Gasteiger partial charge in [0.15, 0.2) is 0 Å². The molecule has 0 saturated heterocycles. The number of hydrogen-bond donors (Lipinski definition) is 2. The van der Waals surface area contributed by atoms with Gasteiger partial charge in [-0.05, 0) is 37.3 Å². The third kappa shape index (κ3) is 3.18. The molecule has 0 aliphatic rings. The van der Waals surface area contributed by atoms with Gasteiger partial charge in [-0.25, -0.2) is 0 Å². The van der Waals surface area contributed by atoms with Crippen molar-refractivity contribution in [1.29, 1.82) is 0 Å². The van der Waals surface area contributed by atoms with Crippen LogP contribution in [0.15, 0.2) is 48.5 Å². The maximum atomic E-state index is 12.3. The van der Waals surface area contributed by atoms with Crippen molar-refractivity contribution in [2.24, 2.45) is 0 Å². The van der Waals surface area contributed by atoms with Crippen molar-refractivity contribution in [2.75, 3.05) is 17.2 Å². The number of nitrogens with one attached hydrogen (secondary N) is 2. The first-order valence-electron chi connectivity index (χ1n) is 6.45. The Labute approximate surface area is 119 Å². The molecule has 2 rings (SSSR count). The minimum atomic E-state index is -0.157. The third-order valence-electron chi connectivity index (χ3n) is 2.83. The second kappa shape index (κ2) is 6.44. The van der Waals surface area contributed by atoms with Gasteiger partial charge in [-0.2, -0.15) is 0 Å². The predicted molar refractivity (Wildman–Crippen MR) is 82.9 cm³/mol. The molecule has 0 aliphatic heterocycles. The Kier molecular flexibility index (Phi) is 4.41. The van der Waals surface area contributed by atoms with Crippen LogP contribution in [0.2, 0.25) is 0 Å². The van der Waals surface area contributed by atoms with Crippen LogP contribution in [0.4, 0.5) is 11.4 Å². The van der Waals surface area contributed by atoms with E-state index in [1.165, 1.54) is 0 Å². The molecule has 0 heterocycles. The van der Waals surface area contributed by atoms with Gasteiger partial charge < -0.3 is 10.6 Å². The number of benzene rings is 2. The molecule has 0 atom stereocenters. The highest BCUT2D eigenvalue weighted by Crippen LogP contribution is 2.17. The highest BCUT2D eigenvalue weighted by molar-refractivity contribution is 6.08. The summed E-state index contributed by atoms with van der Waals surface area (Å²) in [4.78, 5) is 12.3. The van der Waals surface area contributed by atoms with Crippen molar-refractivity contribution in [3.63, 3.8) is 0 Å². The first kappa shape index (κ1) is 13.7. The van der Waals surface area contributed by atoms with Gasteiger partial charge in [-0.3, -0.25) is 4.79 Å². The highest BCUT2D eigenvalue weighted by Gasteiger charge is 2.10. The molecule has 0 aliphatic carbocycles. The second-order valence-corrected chi connectivity index (χ2v) is 4.26. The molecular weight excluding hydrogens is 248 g/mol. The molecule has 0 radical (unpaired) electrons. The van der Waals surface area contributed by atoms with Crippen LogP contribution < -0.4 is 10.6 Å². The van der Waals surface area contributed by atoms with E-state index in [4.69, 9.17) is 6.42 Å². The van der Waals surface area contributed by atoms with Crippen LogP contribution in [0.3, 0.4) is 0 Å². The fourth-order valence-electron chi connectivity index (χ4n) is 1.91. The quantitative estimate of drug-likeness (QED) is 0.831. The fourth-order valence-corrected chi connectivity index (χ4v) is 1.91. The molecule has 2 aromatic rings. The van der Waals surface area contributed by atoms with Crippen LogP contribution in [-0.2, 0) is 0 Å². The van der Waals surface area contributed by atoms with Crippen LogP contribution in [0.1, 0.15) is 22.8 Å². The average molecular weight is 264 g/mol. The van der Waals surface area contributed by atoms with Crippen molar-refractivity contribution in [3.8, 4) is 12.3 Å². The standard InChI is InChI=1S/C17H16N2O/c1-3-13-8-7-9-14(12-13)19-17(20)15-10-5-6-11-16(15)18-4-2/h1,5-12,18H,4H2,2H3,(H,19,20). The summed E-state index contributed by atoms with van der Waals surface area (Å²) in [6.45, 7) is 2.75. The van der Waals surface area contributed by atoms with Crippen molar-refractivity contribution < 1.29 is 4.79 Å². The fraction of sp³-hybridized carbons (Fsp3) is 0.118. The minimum Gasteiger partial charge on any atom is -0.385 e. The van der Waals surface area contributed by atoms with Crippen molar-refractivity contribution in [1.82, 2.24) is 0 Å². The molecule has 0 unspecified atom stereocenters. The summed E-state index contributed by atoms with van der Waals surface area (Å²) in [5.74, 6) is 2.39. The molecule has 3 heteroatoms. The van der Waals surface area contributed by atoms with Crippen LogP contribution in [0, 0.1) is 12.3 Å². The number of anilines is 2. The largest absolute Gasteiger partial charge is 0.385 e. The molecule has 0 bridgehead atoms. The zero-order valence-corrected chi connectivity index (χ0v) is 11.3. The Morgan fingerprint density at radius 2 is 2.00 bits per heavy atom. The Bertz CT molecular complexity index is 656. The Hall–Kier alpha value is -2.73. The maximum Gasteiger partial charge on any atom is 0.257 e. The lowest BCUT2D eigenvalue weighted by Gasteiger charge is -2.11. The van der Waals surface area contributed by atoms with Crippen LogP contribution >= 0.6 is 0 Å². The number of rotatable bonds is 4. The van der Waals surface area contributed by atoms with Gasteiger partial charge in [0, 0.05) is 23.5 Å². The molecule has 100 valence electrons. The van der Waals surface area contributed by atoms with E-state index in [9.17, 15) is 4.79 Å². The summed E-state index contributed by atoms with van der Waals surface area (Å²) in [5, 5.41) is 6.03. The summed E-state index contributed by atoms with van der Waals surface area (Å²) in [7, 11) is 0. The van der Waals surface area contributed by atoms with Gasteiger partial charge in [0.25, 0.3) is 5.91 Å². The Balaban J connectivity index is 2.22. The normalized spacial score (nSPS) is 9.60. The van der Waals surface area contributed by atoms with Crippen molar-refractivity contribution in [3.05, 3.63) is 59.7 Å². The second-order valence-electron chi connectivity index (χ2n) is 4.26. The lowest BCUT2D eigenvalue weighted by molar-refractivity contribution is 0.102. The van der Waals surface area contributed by atoms with Crippen molar-refractivity contribution in [2.45, 2.75) is 6.92 Å². The number of carbonyl (C=O) groups is 1. The van der Waals surface area contributed by atoms with E-state index < -0.39 is 0 Å². The van der Waals surface area contributed by atoms with Crippen LogP contribution in [0.25, 0.3) is 0 Å². The van der Waals surface area contributed by atoms with E-state index in [0.29, 0.717) is 11.3 Å². The Morgan fingerprint density at radius 1 is 1.20 bits per heavy atom. The summed E-state index contributed by atoms with van der Waals surface area (Å²) in [6.07, 6.45) is 5.35. The first-order valence-corrected chi connectivity index (χ1v) is 6.45. The van der Waals surface area contributed by atoms with E-state index in [-0.39, 0.29) is 5.91 Å². The monoisotopic (exact) mass is 264 g/mol. The van der Waals surface area contributed by atoms with E-state index in [1.54, 1.807) is 12.1 Å². The molecule has 2 N–H and O–H groups in total. The summed E-state index contributed by atoms with van der Waals surface area (Å²) in [5.41, 5.74) is 2.86. The lowest BCUT2D eigenvalue weighted by atomic mass is 10.1. The van der Waals surface area contributed by atoms with Gasteiger partial charge in [-0.15, -0.1) is 6.42 Å². The van der Waals surface area contributed by atoms with Gasteiger partial charge in [0.2, 0.25) is 0 Å². The third-order valence-corrected chi connectivity index (χ3v) is 2.83. The molecule has 20 heavy (non-hydrogen) atoms. The highest BCUT2D eigenvalue weighted by atomic mass is 16.1. The minimum absolute atomic E-state index is 0.157. The smallest absolute Gasteiger partial charge is 0.257 e. The molecule has 1 amide bonds. The van der Waals surface area contributed by atoms with Gasteiger partial charge in [-0.1, -0.05) is 24.1 Å². The SMILES string of the molecule is C#Cc1cccc(NC(=O)c2ccccc2NCC)c1. The van der Waals surface area contributed by atoms with Gasteiger partial charge in [0.05, 0.1) is 5.56 Å². The van der Waals surface area contributed by atoms with Crippen molar-refractivity contribution >= 4 is 17.3 Å². The average Bonchev–Trinajstić information content (AvgIpc) is 2.48. The summed E-state index contributed by atoms with van der Waals surface area (Å²) in [6, 6.07) is 14.6. The van der Waals surface area contributed by atoms with E-state index in [2.05, 4.69) is 16.6 Å². The molecule has 0 fully saturated rings. The number of terminal acetylenes is 1. The number of para-hydroxylation sites is 1. The molecule has 3 nitrogen and oxygen atoms in total. The lowest BCUT2D eigenvalue weighted by Crippen LogP contribution is -2.14. The Morgan fingerprint density at radius 3 is 2.75 bits per heavy atom. The number of hydrogen-bond acceptors (Lipinski definition) is 2. The topological polar surface area (TPSA) is 41.1 Å². The molecule has 0 saturated carbocycles. The van der Waals surface area contributed by atoms with Crippen LogP contribution in [-0.4, -0.2) is 12.5 Å². The molecule has 2 aromatic carbocycles.